The molecular formula is C21H24N2O3S. The Kier molecular flexibility index (Phi) is 6.22. The van der Waals surface area contributed by atoms with E-state index >= 15 is 0 Å². The van der Waals surface area contributed by atoms with Gasteiger partial charge in [0.1, 0.15) is 5.92 Å². The van der Waals surface area contributed by atoms with Gasteiger partial charge in [0, 0.05) is 11.2 Å². The van der Waals surface area contributed by atoms with Crippen molar-refractivity contribution in [3.05, 3.63) is 46.5 Å². The first-order valence-electron chi connectivity index (χ1n) is 9.41. The minimum atomic E-state index is -0.849. The Morgan fingerprint density at radius 3 is 2.63 bits per heavy atom. The molecule has 27 heavy (non-hydrogen) atoms. The number of ether oxygens (including phenoxy) is 1. The number of esters is 1. The van der Waals surface area contributed by atoms with Crippen molar-refractivity contribution < 1.29 is 14.3 Å². The van der Waals surface area contributed by atoms with Gasteiger partial charge in [-0.15, -0.1) is 11.8 Å². The molecule has 1 amide bonds. The molecule has 1 fully saturated rings. The summed E-state index contributed by atoms with van der Waals surface area (Å²) in [5.41, 5.74) is 0.865. The summed E-state index contributed by atoms with van der Waals surface area (Å²) in [7, 11) is 0. The van der Waals surface area contributed by atoms with Gasteiger partial charge in [-0.3, -0.25) is 4.79 Å². The van der Waals surface area contributed by atoms with E-state index in [1.165, 1.54) is 11.8 Å². The number of thioether (sulfide) groups is 1. The van der Waals surface area contributed by atoms with Gasteiger partial charge in [-0.25, -0.2) is 4.79 Å². The molecule has 3 rings (SSSR count). The van der Waals surface area contributed by atoms with Crippen LogP contribution in [0.5, 0.6) is 0 Å². The van der Waals surface area contributed by atoms with Crippen LogP contribution < -0.4 is 5.32 Å². The second-order valence-electron chi connectivity index (χ2n) is 6.97. The molecule has 1 heterocycles. The average Bonchev–Trinajstić information content (AvgIpc) is 2.68. The van der Waals surface area contributed by atoms with E-state index in [0.717, 1.165) is 24.8 Å². The topological polar surface area (TPSA) is 79.2 Å². The fourth-order valence-corrected chi connectivity index (χ4v) is 5.22. The number of rotatable bonds is 5. The van der Waals surface area contributed by atoms with Gasteiger partial charge in [0.05, 0.1) is 23.3 Å². The minimum absolute atomic E-state index is 0.264. The predicted molar refractivity (Wildman–Crippen MR) is 104 cm³/mol. The Morgan fingerprint density at radius 2 is 2.00 bits per heavy atom. The smallest absolute Gasteiger partial charge is 0.337 e. The standard InChI is InChI=1S/C21H24N2O3S/c1-2-26-20(25)17-19(27-14-15-9-5-3-6-10-15)23-18(24)16(13-22)21(17)11-7-4-8-12-21/h3,5-6,9-10,16H,2,4,7-8,11-12,14H2,1H3,(H,23,24). The first-order chi connectivity index (χ1) is 13.1. The molecule has 0 bridgehead atoms. The highest BCUT2D eigenvalue weighted by molar-refractivity contribution is 8.02. The summed E-state index contributed by atoms with van der Waals surface area (Å²) in [4.78, 5) is 25.6. The number of hydrogen-bond acceptors (Lipinski definition) is 5. The highest BCUT2D eigenvalue weighted by Crippen LogP contribution is 2.52. The number of benzene rings is 1. The van der Waals surface area contributed by atoms with E-state index in [1.807, 2.05) is 30.3 Å². The first kappa shape index (κ1) is 19.5. The van der Waals surface area contributed by atoms with E-state index in [-0.39, 0.29) is 12.5 Å². The Balaban J connectivity index is 2.02. The van der Waals surface area contributed by atoms with Crippen LogP contribution in [0.15, 0.2) is 40.9 Å². The van der Waals surface area contributed by atoms with Crippen LogP contribution in [-0.2, 0) is 20.1 Å². The molecule has 1 saturated carbocycles. The lowest BCUT2D eigenvalue weighted by Crippen LogP contribution is -2.50. The Labute approximate surface area is 164 Å². The molecule has 5 nitrogen and oxygen atoms in total. The van der Waals surface area contributed by atoms with Crippen molar-refractivity contribution in [1.82, 2.24) is 5.32 Å². The fraction of sp³-hybridized carbons (Fsp3) is 0.476. The van der Waals surface area contributed by atoms with Gasteiger partial charge < -0.3 is 10.1 Å². The largest absolute Gasteiger partial charge is 0.463 e. The molecule has 1 N–H and O–H groups in total. The molecule has 6 heteroatoms. The number of carbonyl (C=O) groups excluding carboxylic acids is 2. The molecule has 1 atom stereocenters. The van der Waals surface area contributed by atoms with Gasteiger partial charge in [-0.1, -0.05) is 49.6 Å². The van der Waals surface area contributed by atoms with Crippen molar-refractivity contribution in [2.24, 2.45) is 11.3 Å². The molecule has 1 aromatic rings. The molecule has 142 valence electrons. The van der Waals surface area contributed by atoms with E-state index in [2.05, 4.69) is 11.4 Å². The number of nitrogens with one attached hydrogen (secondary N) is 1. The molecule has 1 aliphatic carbocycles. The number of amides is 1. The van der Waals surface area contributed by atoms with Crippen LogP contribution in [0.3, 0.4) is 0 Å². The maximum atomic E-state index is 12.9. The number of nitriles is 1. The van der Waals surface area contributed by atoms with Crippen molar-refractivity contribution in [3.8, 4) is 6.07 Å². The third kappa shape index (κ3) is 3.89. The lowest BCUT2D eigenvalue weighted by Gasteiger charge is -2.44. The van der Waals surface area contributed by atoms with Crippen molar-refractivity contribution in [2.75, 3.05) is 6.61 Å². The van der Waals surface area contributed by atoms with Crippen molar-refractivity contribution in [2.45, 2.75) is 44.8 Å². The van der Waals surface area contributed by atoms with Gasteiger partial charge in [0.2, 0.25) is 5.91 Å². The molecule has 0 aromatic heterocycles. The molecule has 1 aliphatic heterocycles. The summed E-state index contributed by atoms with van der Waals surface area (Å²) < 4.78 is 5.35. The number of carbonyl (C=O) groups is 2. The Hall–Kier alpha value is -2.26. The van der Waals surface area contributed by atoms with Gasteiger partial charge in [-0.05, 0) is 25.3 Å². The molecule has 1 unspecified atom stereocenters. The van der Waals surface area contributed by atoms with Crippen LogP contribution in [0.2, 0.25) is 0 Å². The summed E-state index contributed by atoms with van der Waals surface area (Å²) in [6.45, 7) is 2.03. The van der Waals surface area contributed by atoms with Crippen LogP contribution in [0.1, 0.15) is 44.6 Å². The van der Waals surface area contributed by atoms with Gasteiger partial charge in [0.25, 0.3) is 0 Å². The zero-order valence-electron chi connectivity index (χ0n) is 15.5. The van der Waals surface area contributed by atoms with E-state index in [9.17, 15) is 14.9 Å². The number of nitrogens with zero attached hydrogens (tertiary/aromatic N) is 1. The highest BCUT2D eigenvalue weighted by atomic mass is 32.2. The summed E-state index contributed by atoms with van der Waals surface area (Å²) in [5, 5.41) is 13.1. The van der Waals surface area contributed by atoms with E-state index in [1.54, 1.807) is 6.92 Å². The lowest BCUT2D eigenvalue weighted by molar-refractivity contribution is -0.141. The van der Waals surface area contributed by atoms with Gasteiger partial charge >= 0.3 is 5.97 Å². The summed E-state index contributed by atoms with van der Waals surface area (Å²) >= 11 is 1.43. The third-order valence-corrected chi connectivity index (χ3v) is 6.43. The first-order valence-corrected chi connectivity index (χ1v) is 10.4. The van der Waals surface area contributed by atoms with Crippen molar-refractivity contribution in [3.63, 3.8) is 0 Å². The van der Waals surface area contributed by atoms with Crippen LogP contribution in [-0.4, -0.2) is 18.5 Å². The summed E-state index contributed by atoms with van der Waals surface area (Å²) in [6, 6.07) is 12.1. The minimum Gasteiger partial charge on any atom is -0.463 e. The molecule has 2 aliphatic rings. The zero-order valence-corrected chi connectivity index (χ0v) is 16.3. The predicted octanol–water partition coefficient (Wildman–Crippen LogP) is 3.91. The quantitative estimate of drug-likeness (QED) is 0.779. The monoisotopic (exact) mass is 384 g/mol. The average molecular weight is 385 g/mol. The maximum Gasteiger partial charge on any atom is 0.337 e. The van der Waals surface area contributed by atoms with Crippen molar-refractivity contribution in [1.29, 1.82) is 5.26 Å². The SMILES string of the molecule is CCOC(=O)C1=C(SCc2ccccc2)NC(=O)C(C#N)C12CCCCC2. The second kappa shape index (κ2) is 8.62. The van der Waals surface area contributed by atoms with Crippen LogP contribution in [0.4, 0.5) is 0 Å². The van der Waals surface area contributed by atoms with E-state index < -0.39 is 17.3 Å². The molecule has 1 spiro atoms. The molecular weight excluding hydrogens is 360 g/mol. The summed E-state index contributed by atoms with van der Waals surface area (Å²) in [6.07, 6.45) is 4.21. The molecule has 1 aromatic carbocycles. The van der Waals surface area contributed by atoms with Gasteiger partial charge in [-0.2, -0.15) is 5.26 Å². The van der Waals surface area contributed by atoms with Crippen LogP contribution in [0.25, 0.3) is 0 Å². The highest BCUT2D eigenvalue weighted by Gasteiger charge is 2.53. The summed E-state index contributed by atoms with van der Waals surface area (Å²) in [5.74, 6) is -0.927. The normalized spacial score (nSPS) is 21.5. The van der Waals surface area contributed by atoms with Crippen LogP contribution >= 0.6 is 11.8 Å². The zero-order chi connectivity index (χ0) is 19.3. The molecule has 0 saturated heterocycles. The Morgan fingerprint density at radius 1 is 1.30 bits per heavy atom. The fourth-order valence-electron chi connectivity index (χ4n) is 4.11. The second-order valence-corrected chi connectivity index (χ2v) is 7.95. The molecule has 0 radical (unpaired) electrons. The Bertz CT molecular complexity index is 776. The van der Waals surface area contributed by atoms with E-state index in [4.69, 9.17) is 4.74 Å². The maximum absolute atomic E-state index is 12.9. The van der Waals surface area contributed by atoms with E-state index in [0.29, 0.717) is 29.2 Å². The van der Waals surface area contributed by atoms with Crippen molar-refractivity contribution >= 4 is 23.6 Å². The number of hydrogen-bond donors (Lipinski definition) is 1. The third-order valence-electron chi connectivity index (χ3n) is 5.36. The van der Waals surface area contributed by atoms with Gasteiger partial charge in [0.15, 0.2) is 0 Å². The van der Waals surface area contributed by atoms with Crippen LogP contribution in [0, 0.1) is 22.7 Å². The lowest BCUT2D eigenvalue weighted by atomic mass is 9.60.